The van der Waals surface area contributed by atoms with Crippen LogP contribution >= 0.6 is 7.60 Å². The summed E-state index contributed by atoms with van der Waals surface area (Å²) in [6.07, 6.45) is 0.642. The molecule has 1 N–H and O–H groups in total. The lowest BCUT2D eigenvalue weighted by atomic mass is 9.92. The van der Waals surface area contributed by atoms with E-state index in [1.807, 2.05) is 91.0 Å². The van der Waals surface area contributed by atoms with Crippen LogP contribution in [0.1, 0.15) is 22.6 Å². The van der Waals surface area contributed by atoms with Gasteiger partial charge < -0.3 is 9.42 Å². The molecule has 3 rings (SSSR count). The maximum absolute atomic E-state index is 12.5. The molecule has 1 atom stereocenters. The molecule has 4 heteroatoms. The summed E-state index contributed by atoms with van der Waals surface area (Å²) in [6.45, 7) is 0.177. The Hall–Kier alpha value is -2.19. The quantitative estimate of drug-likeness (QED) is 0.553. The Balaban J connectivity index is 1.68. The van der Waals surface area contributed by atoms with E-state index in [4.69, 9.17) is 4.52 Å². The molecule has 0 heterocycles. The number of rotatable bonds is 8. The molecular weight excluding hydrogens is 343 g/mol. The first-order valence-corrected chi connectivity index (χ1v) is 10.5. The van der Waals surface area contributed by atoms with Crippen molar-refractivity contribution in [2.24, 2.45) is 0 Å². The molecule has 134 valence electrons. The molecule has 0 amide bonds. The van der Waals surface area contributed by atoms with E-state index in [9.17, 15) is 9.46 Å². The number of hydrogen-bond acceptors (Lipinski definition) is 2. The summed E-state index contributed by atoms with van der Waals surface area (Å²) < 4.78 is 18.0. The average Bonchev–Trinajstić information content (AvgIpc) is 2.69. The van der Waals surface area contributed by atoms with Crippen LogP contribution in [0.5, 0.6) is 0 Å². The highest BCUT2D eigenvalue weighted by atomic mass is 31.2. The first kappa shape index (κ1) is 18.6. The first-order valence-electron chi connectivity index (χ1n) is 8.74. The summed E-state index contributed by atoms with van der Waals surface area (Å²) >= 11 is 0. The minimum atomic E-state index is -3.65. The molecule has 0 radical (unpaired) electrons. The van der Waals surface area contributed by atoms with Gasteiger partial charge in [-0.3, -0.25) is 4.57 Å². The van der Waals surface area contributed by atoms with Gasteiger partial charge in [0.25, 0.3) is 0 Å². The predicted octanol–water partition coefficient (Wildman–Crippen LogP) is 5.26. The lowest BCUT2D eigenvalue weighted by Crippen LogP contribution is -2.10. The number of hydrogen-bond donors (Lipinski definition) is 1. The van der Waals surface area contributed by atoms with E-state index in [2.05, 4.69) is 0 Å². The first-order chi connectivity index (χ1) is 12.6. The third kappa shape index (κ3) is 5.40. The zero-order valence-corrected chi connectivity index (χ0v) is 15.5. The number of benzene rings is 3. The molecule has 0 fully saturated rings. The van der Waals surface area contributed by atoms with Crippen LogP contribution in [0.4, 0.5) is 0 Å². The van der Waals surface area contributed by atoms with E-state index in [0.717, 1.165) is 16.7 Å². The molecule has 3 aromatic rings. The number of aryl methyl sites for hydroxylation is 1. The van der Waals surface area contributed by atoms with E-state index >= 15 is 0 Å². The Bertz CT molecular complexity index is 796. The van der Waals surface area contributed by atoms with Crippen molar-refractivity contribution in [3.05, 3.63) is 108 Å². The lowest BCUT2D eigenvalue weighted by Gasteiger charge is -2.20. The van der Waals surface area contributed by atoms with E-state index in [1.165, 1.54) is 0 Å². The fourth-order valence-electron chi connectivity index (χ4n) is 2.93. The molecule has 26 heavy (non-hydrogen) atoms. The Kier molecular flexibility index (Phi) is 6.40. The van der Waals surface area contributed by atoms with Crippen LogP contribution in [0.2, 0.25) is 0 Å². The van der Waals surface area contributed by atoms with Gasteiger partial charge >= 0.3 is 7.60 Å². The lowest BCUT2D eigenvalue weighted by molar-refractivity contribution is 0.251. The highest BCUT2D eigenvalue weighted by Gasteiger charge is 2.23. The van der Waals surface area contributed by atoms with Gasteiger partial charge in [0, 0.05) is 5.92 Å². The molecule has 1 unspecified atom stereocenters. The van der Waals surface area contributed by atoms with Crippen LogP contribution in [0.15, 0.2) is 91.0 Å². The zero-order chi connectivity index (χ0) is 18.2. The van der Waals surface area contributed by atoms with Crippen molar-refractivity contribution in [1.82, 2.24) is 0 Å². The van der Waals surface area contributed by atoms with Gasteiger partial charge in [-0.2, -0.15) is 0 Å². The van der Waals surface area contributed by atoms with Gasteiger partial charge in [-0.05, 0) is 23.1 Å². The van der Waals surface area contributed by atoms with Crippen LogP contribution in [-0.4, -0.2) is 17.7 Å². The molecule has 0 spiro atoms. The second-order valence-electron chi connectivity index (χ2n) is 6.27. The summed E-state index contributed by atoms with van der Waals surface area (Å²) in [5.74, 6) is -0.0744. The molecule has 0 aromatic heterocycles. The molecule has 3 aromatic carbocycles. The van der Waals surface area contributed by atoms with E-state index in [-0.39, 0.29) is 18.7 Å². The van der Waals surface area contributed by atoms with Gasteiger partial charge in [0.2, 0.25) is 0 Å². The van der Waals surface area contributed by atoms with Crippen molar-refractivity contribution in [3.8, 4) is 0 Å². The average molecular weight is 366 g/mol. The summed E-state index contributed by atoms with van der Waals surface area (Å²) in [6, 6.07) is 29.6. The summed E-state index contributed by atoms with van der Waals surface area (Å²) in [5.41, 5.74) is 3.18. The summed E-state index contributed by atoms with van der Waals surface area (Å²) in [7, 11) is -3.65. The van der Waals surface area contributed by atoms with Crippen molar-refractivity contribution >= 4 is 7.60 Å². The largest absolute Gasteiger partial charge is 0.328 e. The van der Waals surface area contributed by atoms with Crippen molar-refractivity contribution < 1.29 is 14.0 Å². The molecule has 3 nitrogen and oxygen atoms in total. The summed E-state index contributed by atoms with van der Waals surface area (Å²) in [4.78, 5) is 10.3. The third-order valence-electron chi connectivity index (χ3n) is 4.37. The zero-order valence-electron chi connectivity index (χ0n) is 14.6. The second kappa shape index (κ2) is 8.95. The Morgan fingerprint density at radius 1 is 0.769 bits per heavy atom. The standard InChI is InChI=1S/C22H23O3P/c23-26(24,17-16-19-10-4-1-5-11-19)25-18-22(20-12-6-2-7-13-20)21-14-8-3-9-15-21/h1-15,22H,16-18H2,(H,23,24). The van der Waals surface area contributed by atoms with Gasteiger partial charge in [-0.1, -0.05) is 91.0 Å². The van der Waals surface area contributed by atoms with Crippen LogP contribution in [0.3, 0.4) is 0 Å². The minimum Gasteiger partial charge on any atom is -0.324 e. The Morgan fingerprint density at radius 2 is 1.23 bits per heavy atom. The second-order valence-corrected chi connectivity index (χ2v) is 8.25. The van der Waals surface area contributed by atoms with Gasteiger partial charge in [0.15, 0.2) is 0 Å². The highest BCUT2D eigenvalue weighted by Crippen LogP contribution is 2.44. The summed E-state index contributed by atoms with van der Waals surface area (Å²) in [5, 5.41) is 0. The normalized spacial score (nSPS) is 13.5. The Morgan fingerprint density at radius 3 is 1.73 bits per heavy atom. The van der Waals surface area contributed by atoms with E-state index < -0.39 is 7.60 Å². The fraction of sp³-hybridized carbons (Fsp3) is 0.182. The Labute approximate surface area is 154 Å². The molecule has 0 bridgehead atoms. The predicted molar refractivity (Wildman–Crippen MR) is 106 cm³/mol. The van der Waals surface area contributed by atoms with Crippen LogP contribution in [-0.2, 0) is 15.5 Å². The smallest absolute Gasteiger partial charge is 0.324 e. The van der Waals surface area contributed by atoms with E-state index in [0.29, 0.717) is 6.42 Å². The molecular formula is C22H23O3P. The van der Waals surface area contributed by atoms with Crippen LogP contribution in [0.25, 0.3) is 0 Å². The van der Waals surface area contributed by atoms with E-state index in [1.54, 1.807) is 0 Å². The third-order valence-corrected chi connectivity index (χ3v) is 5.71. The topological polar surface area (TPSA) is 46.5 Å². The molecule has 0 aliphatic rings. The van der Waals surface area contributed by atoms with Gasteiger partial charge in [-0.25, -0.2) is 0 Å². The highest BCUT2D eigenvalue weighted by molar-refractivity contribution is 7.52. The van der Waals surface area contributed by atoms with Crippen molar-refractivity contribution in [3.63, 3.8) is 0 Å². The maximum atomic E-state index is 12.5. The monoisotopic (exact) mass is 366 g/mol. The maximum Gasteiger partial charge on any atom is 0.328 e. The molecule has 0 saturated heterocycles. The molecule has 0 aliphatic heterocycles. The van der Waals surface area contributed by atoms with Crippen molar-refractivity contribution in [2.75, 3.05) is 12.8 Å². The molecule has 0 saturated carbocycles. The fourth-order valence-corrected chi connectivity index (χ4v) is 3.98. The van der Waals surface area contributed by atoms with Crippen LogP contribution < -0.4 is 0 Å². The van der Waals surface area contributed by atoms with Crippen molar-refractivity contribution in [1.29, 1.82) is 0 Å². The van der Waals surface area contributed by atoms with Crippen molar-refractivity contribution in [2.45, 2.75) is 12.3 Å². The molecule has 0 aliphatic carbocycles. The van der Waals surface area contributed by atoms with Crippen LogP contribution in [0, 0.1) is 0 Å². The van der Waals surface area contributed by atoms with Gasteiger partial charge in [-0.15, -0.1) is 0 Å². The van der Waals surface area contributed by atoms with Gasteiger partial charge in [0.1, 0.15) is 0 Å². The minimum absolute atomic E-state index is 0.0744. The SMILES string of the molecule is O=P(O)(CCc1ccccc1)OCC(c1ccccc1)c1ccccc1. The van der Waals surface area contributed by atoms with Gasteiger partial charge in [0.05, 0.1) is 12.8 Å².